The third-order valence-electron chi connectivity index (χ3n) is 2.95. The van der Waals surface area contributed by atoms with Crippen LogP contribution in [0, 0.1) is 0 Å². The smallest absolute Gasteiger partial charge is 0.384 e. The normalized spacial score (nSPS) is 11.6. The molecule has 25 heavy (non-hydrogen) atoms. The molecule has 0 aliphatic carbocycles. The summed E-state index contributed by atoms with van der Waals surface area (Å²) in [6.45, 7) is 0.234. The summed E-state index contributed by atoms with van der Waals surface area (Å²) in [7, 11) is 3.02. The van der Waals surface area contributed by atoms with Crippen LogP contribution in [0.2, 0.25) is 0 Å². The first kappa shape index (κ1) is 18.6. The average molecular weight is 363 g/mol. The number of amides is 2. The van der Waals surface area contributed by atoms with Crippen molar-refractivity contribution in [3.8, 4) is 0 Å². The maximum absolute atomic E-state index is 12.4. The Balaban J connectivity index is 1.82. The van der Waals surface area contributed by atoms with Gasteiger partial charge in [0.1, 0.15) is 12.4 Å². The molecule has 138 valence electrons. The van der Waals surface area contributed by atoms with Crippen LogP contribution in [-0.4, -0.2) is 57.0 Å². The molecule has 0 aliphatic rings. The lowest BCUT2D eigenvalue weighted by atomic mass is 10.4. The van der Waals surface area contributed by atoms with Gasteiger partial charge in [-0.25, -0.2) is 9.78 Å². The molecule has 0 atom stereocenters. The first-order valence-electron chi connectivity index (χ1n) is 7.07. The molecule has 2 heterocycles. The lowest BCUT2D eigenvalue weighted by Crippen LogP contribution is -2.36. The van der Waals surface area contributed by atoms with E-state index < -0.39 is 18.0 Å². The highest BCUT2D eigenvalue weighted by Crippen LogP contribution is 2.25. The number of nitrogens with zero attached hydrogens (tertiary/aromatic N) is 5. The molecule has 0 fully saturated rings. The van der Waals surface area contributed by atoms with Crippen LogP contribution in [0.4, 0.5) is 18.0 Å². The number of methoxy groups -OCH3 is 1. The van der Waals surface area contributed by atoms with Crippen LogP contribution < -0.4 is 5.32 Å². The van der Waals surface area contributed by atoms with E-state index in [0.717, 1.165) is 0 Å². The molecule has 0 radical (unpaired) electrons. The van der Waals surface area contributed by atoms with Gasteiger partial charge in [0.2, 0.25) is 5.89 Å². The van der Waals surface area contributed by atoms with Crippen molar-refractivity contribution in [3.05, 3.63) is 23.4 Å². The van der Waals surface area contributed by atoms with Crippen molar-refractivity contribution >= 4 is 6.03 Å². The number of aromatic amines is 1. The first-order chi connectivity index (χ1) is 11.8. The summed E-state index contributed by atoms with van der Waals surface area (Å²) in [5, 5.41) is 11.3. The quantitative estimate of drug-likeness (QED) is 0.744. The maximum Gasteiger partial charge on any atom is 0.453 e. The van der Waals surface area contributed by atoms with Gasteiger partial charge in [-0.05, 0) is 0 Å². The number of hydrogen-bond donors (Lipinski definition) is 2. The number of halogens is 3. The number of ether oxygens (including phenoxy) is 1. The number of aromatic nitrogens is 5. The summed E-state index contributed by atoms with van der Waals surface area (Å²) in [4.78, 5) is 20.5. The zero-order valence-electron chi connectivity index (χ0n) is 13.4. The SMILES string of the molecule is COCCc1noc(CN(C)C(=O)NCc2nc(C(F)(F)F)n[nH]2)n1. The number of carbonyl (C=O) groups is 1. The zero-order chi connectivity index (χ0) is 18.4. The predicted octanol–water partition coefficient (Wildman–Crippen LogP) is 0.737. The fraction of sp³-hybridized carbons (Fsp3) is 0.583. The van der Waals surface area contributed by atoms with Gasteiger partial charge in [0, 0.05) is 20.6 Å². The van der Waals surface area contributed by atoms with Crippen LogP contribution in [0.5, 0.6) is 0 Å². The van der Waals surface area contributed by atoms with E-state index in [1.165, 1.54) is 11.9 Å². The Bertz CT molecular complexity index is 700. The molecule has 0 aromatic carbocycles. The third kappa shape index (κ3) is 5.41. The fourth-order valence-electron chi connectivity index (χ4n) is 1.72. The van der Waals surface area contributed by atoms with Gasteiger partial charge < -0.3 is 19.5 Å². The Kier molecular flexibility index (Phi) is 5.90. The molecule has 2 aromatic heterocycles. The molecule has 0 bridgehead atoms. The van der Waals surface area contributed by atoms with E-state index in [0.29, 0.717) is 18.9 Å². The second-order valence-corrected chi connectivity index (χ2v) is 4.97. The minimum atomic E-state index is -4.64. The molecule has 2 N–H and O–H groups in total. The number of H-pyrrole nitrogens is 1. The van der Waals surface area contributed by atoms with Gasteiger partial charge in [-0.3, -0.25) is 5.10 Å². The van der Waals surface area contributed by atoms with Crippen molar-refractivity contribution in [2.45, 2.75) is 25.7 Å². The van der Waals surface area contributed by atoms with Gasteiger partial charge in [0.05, 0.1) is 13.2 Å². The summed E-state index contributed by atoms with van der Waals surface area (Å²) in [6.07, 6.45) is -4.17. The molecular formula is C12H16F3N7O3. The number of nitrogens with one attached hydrogen (secondary N) is 2. The van der Waals surface area contributed by atoms with E-state index >= 15 is 0 Å². The zero-order valence-corrected chi connectivity index (χ0v) is 13.4. The molecule has 2 amide bonds. The molecule has 0 spiro atoms. The Morgan fingerprint density at radius 3 is 2.80 bits per heavy atom. The lowest BCUT2D eigenvalue weighted by Gasteiger charge is -2.14. The van der Waals surface area contributed by atoms with E-state index in [9.17, 15) is 18.0 Å². The van der Waals surface area contributed by atoms with E-state index in [1.807, 2.05) is 0 Å². The van der Waals surface area contributed by atoms with Crippen molar-refractivity contribution in [2.75, 3.05) is 20.8 Å². The summed E-state index contributed by atoms with van der Waals surface area (Å²) >= 11 is 0. The largest absolute Gasteiger partial charge is 0.453 e. The molecule has 0 saturated carbocycles. The van der Waals surface area contributed by atoms with Gasteiger partial charge in [0.15, 0.2) is 5.82 Å². The van der Waals surface area contributed by atoms with Crippen molar-refractivity contribution in [3.63, 3.8) is 0 Å². The molecule has 2 aromatic rings. The molecule has 10 nitrogen and oxygen atoms in total. The number of alkyl halides is 3. The Morgan fingerprint density at radius 1 is 1.40 bits per heavy atom. The highest BCUT2D eigenvalue weighted by Gasteiger charge is 2.36. The van der Waals surface area contributed by atoms with E-state index in [4.69, 9.17) is 9.26 Å². The fourth-order valence-corrected chi connectivity index (χ4v) is 1.72. The van der Waals surface area contributed by atoms with Crippen LogP contribution in [0.15, 0.2) is 4.52 Å². The van der Waals surface area contributed by atoms with Gasteiger partial charge in [-0.15, -0.1) is 5.10 Å². The number of hydrogen-bond acceptors (Lipinski definition) is 7. The molecule has 2 rings (SSSR count). The van der Waals surface area contributed by atoms with Crippen LogP contribution in [-0.2, 0) is 30.4 Å². The van der Waals surface area contributed by atoms with Crippen LogP contribution in [0.3, 0.4) is 0 Å². The Hall–Kier alpha value is -2.70. The first-order valence-corrected chi connectivity index (χ1v) is 7.07. The molecule has 13 heteroatoms. The molecule has 0 unspecified atom stereocenters. The van der Waals surface area contributed by atoms with Crippen molar-refractivity contribution in [1.29, 1.82) is 0 Å². The van der Waals surface area contributed by atoms with Gasteiger partial charge in [-0.2, -0.15) is 18.2 Å². The minimum Gasteiger partial charge on any atom is -0.384 e. The molecule has 0 aliphatic heterocycles. The maximum atomic E-state index is 12.4. The standard InChI is InChI=1S/C12H16F3N7O3/c1-22(6-9-17-7(21-25-9)3-4-24-2)11(23)16-5-8-18-10(20-19-8)12(13,14)15/h3-6H2,1-2H3,(H,16,23)(H,18,19,20). The number of rotatable bonds is 7. The van der Waals surface area contributed by atoms with Gasteiger partial charge >= 0.3 is 12.2 Å². The van der Waals surface area contributed by atoms with Crippen LogP contribution in [0.25, 0.3) is 0 Å². The Labute approximate surface area is 139 Å². The molecular weight excluding hydrogens is 347 g/mol. The minimum absolute atomic E-state index is 0.0377. The van der Waals surface area contributed by atoms with Crippen LogP contribution in [0.1, 0.15) is 23.4 Å². The highest BCUT2D eigenvalue weighted by atomic mass is 19.4. The summed E-state index contributed by atoms with van der Waals surface area (Å²) in [6, 6.07) is -0.554. The van der Waals surface area contributed by atoms with Crippen molar-refractivity contribution < 1.29 is 27.2 Å². The van der Waals surface area contributed by atoms with Crippen LogP contribution >= 0.6 is 0 Å². The second kappa shape index (κ2) is 7.92. The van der Waals surface area contributed by atoms with Crippen molar-refractivity contribution in [1.82, 2.24) is 35.5 Å². The lowest BCUT2D eigenvalue weighted by molar-refractivity contribution is -0.144. The average Bonchev–Trinajstić information content (AvgIpc) is 3.19. The number of urea groups is 1. The van der Waals surface area contributed by atoms with E-state index in [2.05, 4.69) is 30.6 Å². The molecule has 0 saturated heterocycles. The third-order valence-corrected chi connectivity index (χ3v) is 2.95. The summed E-state index contributed by atoms with van der Waals surface area (Å²) in [5.74, 6) is -0.733. The Morgan fingerprint density at radius 2 is 2.16 bits per heavy atom. The predicted molar refractivity (Wildman–Crippen MR) is 75.0 cm³/mol. The van der Waals surface area contributed by atoms with Gasteiger partial charge in [-0.1, -0.05) is 5.16 Å². The number of carbonyl (C=O) groups excluding carboxylic acids is 1. The van der Waals surface area contributed by atoms with E-state index in [-0.39, 0.29) is 24.8 Å². The topological polar surface area (TPSA) is 122 Å². The monoisotopic (exact) mass is 363 g/mol. The van der Waals surface area contributed by atoms with Gasteiger partial charge in [0.25, 0.3) is 5.82 Å². The van der Waals surface area contributed by atoms with E-state index in [1.54, 1.807) is 7.11 Å². The second-order valence-electron chi connectivity index (χ2n) is 4.97. The highest BCUT2D eigenvalue weighted by molar-refractivity contribution is 5.73. The summed E-state index contributed by atoms with van der Waals surface area (Å²) in [5.41, 5.74) is 0. The van der Waals surface area contributed by atoms with Crippen molar-refractivity contribution in [2.24, 2.45) is 0 Å². The summed E-state index contributed by atoms with van der Waals surface area (Å²) < 4.78 is 47.0.